The number of ether oxygens (including phenoxy) is 2. The van der Waals surface area contributed by atoms with Crippen LogP contribution in [0.5, 0.6) is 0 Å². The number of fused-ring (bicyclic) bond motifs is 4. The monoisotopic (exact) mass is 1520 g/mol. The minimum Gasteiger partial charge on any atom is -0.449 e. The molecule has 0 unspecified atom stereocenters. The molecule has 1 aliphatic carbocycles. The van der Waals surface area contributed by atoms with Gasteiger partial charge in [-0.1, -0.05) is 185 Å². The molecule has 0 bridgehead atoms. The third kappa shape index (κ3) is 21.0. The van der Waals surface area contributed by atoms with E-state index in [1.807, 2.05) is 164 Å². The van der Waals surface area contributed by atoms with Gasteiger partial charge in [0.2, 0.25) is 47.3 Å². The van der Waals surface area contributed by atoms with Gasteiger partial charge >= 0.3 is 12.2 Å². The van der Waals surface area contributed by atoms with Gasteiger partial charge in [0.05, 0.1) is 24.1 Å². The Labute approximate surface area is 643 Å². The van der Waals surface area contributed by atoms with Crippen molar-refractivity contribution in [3.63, 3.8) is 0 Å². The number of carbonyl (C=O) groups excluding carboxylic acids is 11. The van der Waals surface area contributed by atoms with Gasteiger partial charge in [0.15, 0.2) is 0 Å². The zero-order chi connectivity index (χ0) is 79.4. The molecule has 9 rings (SSSR count). The number of aromatic nitrogens is 3. The summed E-state index contributed by atoms with van der Waals surface area (Å²) in [5.74, 6) is -8.39. The SMILES string of the molecule is CSCC[C@H](NC(=O)[C@H](CC(C)C)NC(=O)[C@H](Cc1cn(C(c2ccccc2)(c2ccccc2)c2ccccc2)cn1)NC(=O)CNC(=O)[C@@H](NC(=O)[C@H](C)NC(=O)[C@H](Cc1cn(C(=O)OC(C)(C)C)c2ccccc12)NC(=O)[C@H](CCC(N)=O)NC(=O)OCC1c2ccccc2-c2ccccc21)C(C)C)C(=O)NO. The Bertz CT molecular complexity index is 4440. The number of imidazole rings is 1. The van der Waals surface area contributed by atoms with Gasteiger partial charge in [-0.2, -0.15) is 11.8 Å². The van der Waals surface area contributed by atoms with Crippen LogP contribution >= 0.6 is 11.8 Å². The van der Waals surface area contributed by atoms with Gasteiger partial charge in [-0.15, -0.1) is 0 Å². The molecule has 0 fully saturated rings. The van der Waals surface area contributed by atoms with Gasteiger partial charge in [0, 0.05) is 43.0 Å². The smallest absolute Gasteiger partial charge is 0.419 e. The van der Waals surface area contributed by atoms with E-state index in [0.29, 0.717) is 27.9 Å². The number of nitrogens with one attached hydrogen (secondary N) is 9. The first-order valence-electron chi connectivity index (χ1n) is 36.5. The topological polar surface area (TPSA) is 383 Å². The Morgan fingerprint density at radius 2 is 1.08 bits per heavy atom. The zero-order valence-corrected chi connectivity index (χ0v) is 63.9. The molecular formula is C82H97N13O14S. The van der Waals surface area contributed by atoms with E-state index < -0.39 is 131 Å². The summed E-state index contributed by atoms with van der Waals surface area (Å²) in [5.41, 5.74) is 12.8. The first-order chi connectivity index (χ1) is 52.6. The highest BCUT2D eigenvalue weighted by Crippen LogP contribution is 2.45. The van der Waals surface area contributed by atoms with Crippen molar-refractivity contribution in [1.82, 2.24) is 62.1 Å². The summed E-state index contributed by atoms with van der Waals surface area (Å²) in [5, 5.41) is 31.4. The molecule has 27 nitrogen and oxygen atoms in total. The Balaban J connectivity index is 0.936. The highest BCUT2D eigenvalue weighted by molar-refractivity contribution is 7.98. The van der Waals surface area contributed by atoms with E-state index in [-0.39, 0.29) is 57.0 Å². The zero-order valence-electron chi connectivity index (χ0n) is 63.0. The number of rotatable bonds is 35. The number of thioether (sulfide) groups is 1. The van der Waals surface area contributed by atoms with E-state index in [4.69, 9.17) is 20.2 Å². The second kappa shape index (κ2) is 37.9. The molecule has 110 heavy (non-hydrogen) atoms. The lowest BCUT2D eigenvalue weighted by molar-refractivity contribution is -0.136. The molecule has 12 N–H and O–H groups in total. The number of nitrogens with zero attached hydrogens (tertiary/aromatic N) is 3. The van der Waals surface area contributed by atoms with E-state index in [1.54, 1.807) is 76.9 Å². The maximum absolute atomic E-state index is 14.9. The van der Waals surface area contributed by atoms with Gasteiger partial charge in [-0.25, -0.2) is 20.1 Å². The van der Waals surface area contributed by atoms with Crippen molar-refractivity contribution in [2.45, 2.75) is 153 Å². The Kier molecular flexibility index (Phi) is 28.4. The van der Waals surface area contributed by atoms with E-state index in [2.05, 4.69) is 42.5 Å². The number of nitrogens with two attached hydrogens (primary N) is 1. The molecule has 580 valence electrons. The third-order valence-electron chi connectivity index (χ3n) is 18.9. The van der Waals surface area contributed by atoms with E-state index in [0.717, 1.165) is 38.9 Å². The fourth-order valence-electron chi connectivity index (χ4n) is 13.5. The fourth-order valence-corrected chi connectivity index (χ4v) is 14.0. The molecular weight excluding hydrogens is 1420 g/mol. The van der Waals surface area contributed by atoms with Crippen molar-refractivity contribution in [3.8, 4) is 11.1 Å². The number of alkyl carbamates (subject to hydrolysis) is 1. The summed E-state index contributed by atoms with van der Waals surface area (Å²) in [6, 6.07) is 41.8. The first kappa shape index (κ1) is 82.4. The van der Waals surface area contributed by atoms with Crippen molar-refractivity contribution < 1.29 is 67.4 Å². The number of hydrogen-bond acceptors (Lipinski definition) is 16. The summed E-state index contributed by atoms with van der Waals surface area (Å²) in [7, 11) is 0. The maximum atomic E-state index is 14.9. The number of primary amides is 1. The quantitative estimate of drug-likeness (QED) is 0.0104. The number of para-hydroxylation sites is 1. The molecule has 0 saturated carbocycles. The van der Waals surface area contributed by atoms with Crippen molar-refractivity contribution in [2.24, 2.45) is 17.6 Å². The fraction of sp³-hybridized carbons (Fsp3) is 0.366. The molecule has 7 atom stereocenters. The molecule has 1 aliphatic rings. The average molecular weight is 1520 g/mol. The number of hydrogen-bond donors (Lipinski definition) is 11. The standard InChI is InChI=1S/C82H97N13O14S/c1-49(2)41-65(75(101)88-64(39-40-110-9)77(103)93-107)89-76(102)67(43-56-46-94(48-85-56)82(53-25-13-10-14-26-53,54-27-15-11-16-28-54)55-29-17-12-18-30-55)87-70(97)44-84-78(104)71(50(3)4)92-72(98)51(5)86-74(100)66(42-52-45-95(80(106)109-81(6,7)8)68-36-24-23-31-57(52)68)90-73(99)63(37-38-69(83)96)91-79(105)108-47-62-60-34-21-19-32-58(60)59-33-20-22-35-61(59)62/h10-36,45-46,48-51,62-67,71,107H,37-44,47H2,1-9H3,(H2,83,96)(H,84,104)(H,86,100)(H,87,97)(H,88,101)(H,89,102)(H,90,99)(H,91,105)(H,92,98)(H,93,103)/t51-,63-,64-,65-,66-,67-,71-/m0/s1. The number of benzene rings is 6. The molecule has 6 aromatic carbocycles. The van der Waals surface area contributed by atoms with Gasteiger partial charge in [0.1, 0.15) is 60.0 Å². The van der Waals surface area contributed by atoms with Crippen LogP contribution in [0.25, 0.3) is 22.0 Å². The van der Waals surface area contributed by atoms with Crippen LogP contribution in [0.15, 0.2) is 183 Å². The lowest BCUT2D eigenvalue weighted by Crippen LogP contribution is -2.59. The Morgan fingerprint density at radius 1 is 0.564 bits per heavy atom. The summed E-state index contributed by atoms with van der Waals surface area (Å²) in [4.78, 5) is 159. The average Bonchev–Trinajstić information content (AvgIpc) is 1.27. The van der Waals surface area contributed by atoms with E-state index in [1.165, 1.54) is 29.4 Å². The van der Waals surface area contributed by atoms with Crippen LogP contribution in [0.3, 0.4) is 0 Å². The Hall–Kier alpha value is -11.7. The minimum absolute atomic E-state index is 0.0866. The second-order valence-electron chi connectivity index (χ2n) is 28.9. The van der Waals surface area contributed by atoms with Gasteiger partial charge in [0.25, 0.3) is 5.91 Å². The van der Waals surface area contributed by atoms with Gasteiger partial charge < -0.3 is 62.3 Å². The van der Waals surface area contributed by atoms with Crippen molar-refractivity contribution in [3.05, 3.63) is 222 Å². The van der Waals surface area contributed by atoms with Crippen LogP contribution in [0.4, 0.5) is 9.59 Å². The van der Waals surface area contributed by atoms with Gasteiger partial charge in [-0.3, -0.25) is 52.9 Å². The maximum Gasteiger partial charge on any atom is 0.419 e. The molecule has 0 aliphatic heterocycles. The number of hydroxylamine groups is 1. The highest BCUT2D eigenvalue weighted by atomic mass is 32.2. The van der Waals surface area contributed by atoms with E-state index >= 15 is 0 Å². The summed E-state index contributed by atoms with van der Waals surface area (Å²) < 4.78 is 14.7. The number of carbonyl (C=O) groups is 11. The molecule has 8 aromatic rings. The lowest BCUT2D eigenvalue weighted by Gasteiger charge is -2.37. The molecule has 2 heterocycles. The Morgan fingerprint density at radius 3 is 1.65 bits per heavy atom. The van der Waals surface area contributed by atoms with E-state index in [9.17, 15) is 57.9 Å². The molecule has 0 spiro atoms. The lowest BCUT2D eigenvalue weighted by atomic mass is 9.77. The molecule has 10 amide bonds. The van der Waals surface area contributed by atoms with Crippen LogP contribution in [0.1, 0.15) is 126 Å². The van der Waals surface area contributed by atoms with Crippen LogP contribution < -0.4 is 53.7 Å². The van der Waals surface area contributed by atoms with Crippen LogP contribution in [0.2, 0.25) is 0 Å². The third-order valence-corrected chi connectivity index (χ3v) is 19.5. The van der Waals surface area contributed by atoms with Crippen LogP contribution in [-0.4, -0.2) is 158 Å². The predicted octanol–water partition coefficient (Wildman–Crippen LogP) is 7.42. The molecule has 0 radical (unpaired) electrons. The van der Waals surface area contributed by atoms with Crippen molar-refractivity contribution >= 4 is 88.0 Å². The van der Waals surface area contributed by atoms with Crippen molar-refractivity contribution in [2.75, 3.05) is 25.2 Å². The van der Waals surface area contributed by atoms with Crippen LogP contribution in [0, 0.1) is 11.8 Å². The van der Waals surface area contributed by atoms with Gasteiger partial charge in [-0.05, 0) is 121 Å². The summed E-state index contributed by atoms with van der Waals surface area (Å²) >= 11 is 1.42. The largest absolute Gasteiger partial charge is 0.449 e. The predicted molar refractivity (Wildman–Crippen MR) is 416 cm³/mol. The summed E-state index contributed by atoms with van der Waals surface area (Å²) in [6.07, 6.45) is 3.90. The second-order valence-corrected chi connectivity index (χ2v) is 29.9. The normalized spacial score (nSPS) is 13.9. The molecule has 28 heteroatoms. The first-order valence-corrected chi connectivity index (χ1v) is 37.9. The minimum atomic E-state index is -1.58. The van der Waals surface area contributed by atoms with Crippen LogP contribution in [-0.2, 0) is 71.0 Å². The molecule has 2 aromatic heterocycles. The van der Waals surface area contributed by atoms with Crippen molar-refractivity contribution in [1.29, 1.82) is 0 Å². The highest BCUT2D eigenvalue weighted by Gasteiger charge is 2.41. The molecule has 0 saturated heterocycles. The summed E-state index contributed by atoms with van der Waals surface area (Å²) in [6.45, 7) is 12.5. The number of amides is 10.